The van der Waals surface area contributed by atoms with E-state index in [9.17, 15) is 10.1 Å². The van der Waals surface area contributed by atoms with Crippen molar-refractivity contribution in [2.75, 3.05) is 0 Å². The summed E-state index contributed by atoms with van der Waals surface area (Å²) in [6, 6.07) is 0.406. The molecule has 1 N–H and O–H groups in total. The lowest BCUT2D eigenvalue weighted by atomic mass is 10.3. The molecule has 2 aromatic heterocycles. The van der Waals surface area contributed by atoms with Gasteiger partial charge in [0.25, 0.3) is 0 Å². The van der Waals surface area contributed by atoms with E-state index < -0.39 is 4.92 Å². The summed E-state index contributed by atoms with van der Waals surface area (Å²) in [5.74, 6) is 0.762. The van der Waals surface area contributed by atoms with Gasteiger partial charge in [0.2, 0.25) is 0 Å². The fraction of sp³-hybridized carbons (Fsp3) is 0.545. The zero-order valence-corrected chi connectivity index (χ0v) is 12.0. The number of aromatic amines is 1. The van der Waals surface area contributed by atoms with Crippen LogP contribution in [0.2, 0.25) is 0 Å². The largest absolute Gasteiger partial charge is 0.312 e. The van der Waals surface area contributed by atoms with Crippen LogP contribution in [0, 0.1) is 28.7 Å². The Bertz CT molecular complexity index is 739. The summed E-state index contributed by atoms with van der Waals surface area (Å²) in [7, 11) is 0. The monoisotopic (exact) mass is 294 g/mol. The van der Waals surface area contributed by atoms with Gasteiger partial charge in [-0.3, -0.25) is 24.5 Å². The number of hydrogen-bond acceptors (Lipinski definition) is 5. The van der Waals surface area contributed by atoms with Crippen molar-refractivity contribution in [3.8, 4) is 0 Å². The number of aryl methyl sites for hydroxylation is 1. The van der Waals surface area contributed by atoms with Gasteiger partial charge in [-0.15, -0.1) is 0 Å². The van der Waals surface area contributed by atoms with Crippen LogP contribution in [0.15, 0.2) is 0 Å². The molecule has 3 rings (SSSR count). The zero-order valence-electron chi connectivity index (χ0n) is 11.2. The highest BCUT2D eigenvalue weighted by Gasteiger charge is 2.28. The molecule has 9 heteroatoms. The number of H-pyrrole nitrogens is 1. The van der Waals surface area contributed by atoms with Crippen molar-refractivity contribution in [1.29, 1.82) is 0 Å². The first-order valence-electron chi connectivity index (χ1n) is 6.33. The number of nitrogens with one attached hydrogen (secondary N) is 1. The number of hydrogen-bond donors (Lipinski definition) is 1. The van der Waals surface area contributed by atoms with Gasteiger partial charge in [0, 0.05) is 6.04 Å². The number of nitrogens with zero attached hydrogens (tertiary/aromatic N) is 5. The van der Waals surface area contributed by atoms with Crippen LogP contribution in [0.5, 0.6) is 0 Å². The Labute approximate surface area is 119 Å². The molecule has 0 spiro atoms. The molecule has 0 aromatic carbocycles. The molecule has 1 aliphatic carbocycles. The molecule has 0 amide bonds. The van der Waals surface area contributed by atoms with Crippen LogP contribution in [0.1, 0.15) is 36.1 Å². The van der Waals surface area contributed by atoms with Gasteiger partial charge in [-0.25, -0.2) is 0 Å². The molecular formula is C11H14N6O2S. The van der Waals surface area contributed by atoms with Crippen LogP contribution in [0.25, 0.3) is 0 Å². The number of rotatable bonds is 4. The fourth-order valence-corrected chi connectivity index (χ4v) is 2.70. The van der Waals surface area contributed by atoms with Crippen molar-refractivity contribution in [1.82, 2.24) is 24.5 Å². The lowest BCUT2D eigenvalue weighted by molar-refractivity contribution is -0.386. The van der Waals surface area contributed by atoms with Crippen LogP contribution in [0.3, 0.4) is 0 Å². The molecule has 0 aliphatic heterocycles. The summed E-state index contributed by atoms with van der Waals surface area (Å²) in [6.45, 7) is 3.71. The van der Waals surface area contributed by atoms with Gasteiger partial charge in [-0.2, -0.15) is 10.2 Å². The minimum Gasteiger partial charge on any atom is -0.299 e. The van der Waals surface area contributed by atoms with E-state index in [0.717, 1.165) is 18.7 Å². The highest BCUT2D eigenvalue weighted by molar-refractivity contribution is 7.71. The first kappa shape index (κ1) is 13.0. The lowest BCUT2D eigenvalue weighted by Crippen LogP contribution is -2.10. The van der Waals surface area contributed by atoms with Crippen molar-refractivity contribution >= 4 is 17.9 Å². The smallest absolute Gasteiger partial charge is 0.299 e. The zero-order chi connectivity index (χ0) is 14.4. The lowest BCUT2D eigenvalue weighted by Gasteiger charge is -2.06. The predicted molar refractivity (Wildman–Crippen MR) is 73.1 cm³/mol. The summed E-state index contributed by atoms with van der Waals surface area (Å²) in [4.78, 5) is 10.6. The summed E-state index contributed by atoms with van der Waals surface area (Å²) in [5.41, 5.74) is 1.01. The standard InChI is InChI=1S/C11H14N6O2S/c1-6-10(17(18)19)7(2)15(14-6)5-9-12-13-11(20)16(9)8-3-4-8/h8H,3-5H2,1-2H3,(H,13,20). The van der Waals surface area contributed by atoms with Crippen molar-refractivity contribution in [2.45, 2.75) is 39.3 Å². The second-order valence-electron chi connectivity index (χ2n) is 4.98. The molecule has 0 bridgehead atoms. The van der Waals surface area contributed by atoms with E-state index in [0.29, 0.717) is 28.7 Å². The van der Waals surface area contributed by atoms with E-state index in [4.69, 9.17) is 12.2 Å². The molecule has 2 heterocycles. The molecule has 2 aromatic rings. The first-order valence-corrected chi connectivity index (χ1v) is 6.74. The second-order valence-corrected chi connectivity index (χ2v) is 5.37. The second kappa shape index (κ2) is 4.51. The average Bonchev–Trinajstić information content (AvgIpc) is 3.07. The Kier molecular flexibility index (Phi) is 2.93. The van der Waals surface area contributed by atoms with E-state index in [-0.39, 0.29) is 5.69 Å². The highest BCUT2D eigenvalue weighted by Crippen LogP contribution is 2.36. The van der Waals surface area contributed by atoms with Gasteiger partial charge in [0.05, 0.1) is 4.92 Å². The van der Waals surface area contributed by atoms with Crippen LogP contribution in [-0.2, 0) is 6.54 Å². The maximum absolute atomic E-state index is 11.0. The van der Waals surface area contributed by atoms with E-state index >= 15 is 0 Å². The molecule has 0 unspecified atom stereocenters. The maximum Gasteiger partial charge on any atom is 0.312 e. The van der Waals surface area contributed by atoms with Crippen molar-refractivity contribution in [2.24, 2.45) is 0 Å². The third kappa shape index (κ3) is 2.03. The van der Waals surface area contributed by atoms with Crippen molar-refractivity contribution in [3.05, 3.63) is 32.1 Å². The van der Waals surface area contributed by atoms with Crippen LogP contribution in [0.4, 0.5) is 5.69 Å². The highest BCUT2D eigenvalue weighted by atomic mass is 32.1. The fourth-order valence-electron chi connectivity index (χ4n) is 2.40. The molecular weight excluding hydrogens is 280 g/mol. The molecule has 1 aliphatic rings. The number of nitro groups is 1. The Hall–Kier alpha value is -2.03. The normalized spacial score (nSPS) is 14.7. The van der Waals surface area contributed by atoms with Crippen LogP contribution >= 0.6 is 12.2 Å². The van der Waals surface area contributed by atoms with Gasteiger partial charge in [0.1, 0.15) is 17.9 Å². The third-order valence-corrected chi connectivity index (χ3v) is 3.79. The average molecular weight is 294 g/mol. The quantitative estimate of drug-likeness (QED) is 0.529. The third-order valence-electron chi connectivity index (χ3n) is 3.51. The first-order chi connectivity index (χ1) is 9.49. The van der Waals surface area contributed by atoms with Gasteiger partial charge in [-0.1, -0.05) is 0 Å². The summed E-state index contributed by atoms with van der Waals surface area (Å²) >= 11 is 5.22. The minimum atomic E-state index is -0.397. The van der Waals surface area contributed by atoms with E-state index in [1.54, 1.807) is 18.5 Å². The topological polar surface area (TPSA) is 94.6 Å². The molecule has 0 atom stereocenters. The van der Waals surface area contributed by atoms with Crippen LogP contribution < -0.4 is 0 Å². The molecule has 1 saturated carbocycles. The summed E-state index contributed by atoms with van der Waals surface area (Å²) in [5, 5.41) is 22.2. The molecule has 0 saturated heterocycles. The van der Waals surface area contributed by atoms with Crippen LogP contribution in [-0.4, -0.2) is 29.5 Å². The maximum atomic E-state index is 11.0. The van der Waals surface area contributed by atoms with Crippen molar-refractivity contribution in [3.63, 3.8) is 0 Å². The predicted octanol–water partition coefficient (Wildman–Crippen LogP) is 2.05. The molecule has 0 radical (unpaired) electrons. The molecule has 1 fully saturated rings. The minimum absolute atomic E-state index is 0.0668. The Morgan fingerprint density at radius 2 is 2.20 bits per heavy atom. The van der Waals surface area contributed by atoms with Crippen molar-refractivity contribution < 1.29 is 4.92 Å². The molecule has 106 valence electrons. The van der Waals surface area contributed by atoms with Gasteiger partial charge in [-0.05, 0) is 38.9 Å². The van der Waals surface area contributed by atoms with E-state index in [1.165, 1.54) is 0 Å². The molecule has 20 heavy (non-hydrogen) atoms. The number of aromatic nitrogens is 5. The van der Waals surface area contributed by atoms with Gasteiger partial charge >= 0.3 is 5.69 Å². The Morgan fingerprint density at radius 3 is 2.75 bits per heavy atom. The Morgan fingerprint density at radius 1 is 1.50 bits per heavy atom. The van der Waals surface area contributed by atoms with E-state index in [1.807, 2.05) is 4.57 Å². The Balaban J connectivity index is 1.98. The summed E-state index contributed by atoms with van der Waals surface area (Å²) in [6.07, 6.45) is 2.19. The SMILES string of the molecule is Cc1nn(Cc2n[nH]c(=S)n2C2CC2)c(C)c1[N+](=O)[O-]. The van der Waals surface area contributed by atoms with Gasteiger partial charge in [0.15, 0.2) is 10.6 Å². The van der Waals surface area contributed by atoms with Gasteiger partial charge < -0.3 is 0 Å². The van der Waals surface area contributed by atoms with E-state index in [2.05, 4.69) is 15.3 Å². The molecule has 8 nitrogen and oxygen atoms in total. The summed E-state index contributed by atoms with van der Waals surface area (Å²) < 4.78 is 4.19.